The Hall–Kier alpha value is -2.94. The Balaban J connectivity index is 1.83. The number of fused-ring (bicyclic) bond motifs is 1. The zero-order valence-electron chi connectivity index (χ0n) is 14.9. The third kappa shape index (κ3) is 4.08. The topological polar surface area (TPSA) is 106 Å². The zero-order chi connectivity index (χ0) is 19.6. The molecule has 1 aromatic carbocycles. The van der Waals surface area contributed by atoms with Crippen molar-refractivity contribution < 1.29 is 22.7 Å². The van der Waals surface area contributed by atoms with Crippen molar-refractivity contribution in [1.82, 2.24) is 4.98 Å². The van der Waals surface area contributed by atoms with Crippen LogP contribution in [0.4, 0.5) is 11.5 Å². The number of anilines is 2. The normalized spacial score (nSPS) is 13.7. The maximum atomic E-state index is 12.4. The molecule has 2 aromatic rings. The third-order valence-corrected chi connectivity index (χ3v) is 5.89. The molecular formula is C18H19N3O5S. The number of nitrogens with one attached hydrogen (secondary N) is 1. The number of ether oxygens (including phenoxy) is 1. The molecule has 1 amide bonds. The minimum atomic E-state index is -3.43. The zero-order valence-corrected chi connectivity index (χ0v) is 15.7. The van der Waals surface area contributed by atoms with Crippen LogP contribution in [0.2, 0.25) is 0 Å². The van der Waals surface area contributed by atoms with Gasteiger partial charge in [-0.05, 0) is 30.7 Å². The molecule has 1 aliphatic rings. The third-order valence-electron chi connectivity index (χ3n) is 4.16. The van der Waals surface area contributed by atoms with Crippen LogP contribution in [0.3, 0.4) is 0 Å². The molecule has 3 rings (SSSR count). The van der Waals surface area contributed by atoms with E-state index in [1.165, 1.54) is 24.0 Å². The molecule has 0 bridgehead atoms. The first-order valence-electron chi connectivity index (χ1n) is 8.34. The lowest BCUT2D eigenvalue weighted by atomic mass is 10.2. The Labute approximate surface area is 157 Å². The fraction of sp³-hybridized carbons (Fsp3) is 0.278. The first-order chi connectivity index (χ1) is 12.8. The van der Waals surface area contributed by atoms with Gasteiger partial charge in [0, 0.05) is 12.3 Å². The first-order valence-corrected chi connectivity index (χ1v) is 9.99. The summed E-state index contributed by atoms with van der Waals surface area (Å²) in [5, 5.41) is 2.71. The minimum absolute atomic E-state index is 0.0602. The van der Waals surface area contributed by atoms with E-state index in [4.69, 9.17) is 4.74 Å². The first kappa shape index (κ1) is 18.8. The average Bonchev–Trinajstić information content (AvgIpc) is 2.63. The van der Waals surface area contributed by atoms with Gasteiger partial charge < -0.3 is 15.0 Å². The number of benzene rings is 1. The largest absolute Gasteiger partial charge is 0.423 e. The number of hydrogen-bond acceptors (Lipinski definition) is 7. The van der Waals surface area contributed by atoms with Gasteiger partial charge >= 0.3 is 5.97 Å². The smallest absolute Gasteiger partial charge is 0.331 e. The van der Waals surface area contributed by atoms with Crippen LogP contribution in [-0.2, 0) is 19.4 Å². The highest BCUT2D eigenvalue weighted by atomic mass is 32.2. The highest BCUT2D eigenvalue weighted by molar-refractivity contribution is 7.91. The Kier molecular flexibility index (Phi) is 5.13. The highest BCUT2D eigenvalue weighted by Crippen LogP contribution is 2.34. The van der Waals surface area contributed by atoms with Crippen LogP contribution in [0.15, 0.2) is 41.4 Å². The summed E-state index contributed by atoms with van der Waals surface area (Å²) < 4.78 is 29.2. The van der Waals surface area contributed by atoms with E-state index in [2.05, 4.69) is 10.3 Å². The number of rotatable bonds is 5. The summed E-state index contributed by atoms with van der Waals surface area (Å²) in [6.45, 7) is 3.16. The number of aromatic nitrogens is 1. The standard InChI is InChI=1S/C18H19N3O5S/c1-3-27(24,25)13-6-7-14-15(9-13)26-17(23)11-21(14)10-16(22)20-18-12(2)5-4-8-19-18/h4-9H,3,10-11H2,1-2H3,(H,19,20,22). The molecule has 1 N–H and O–H groups in total. The summed E-state index contributed by atoms with van der Waals surface area (Å²) in [6, 6.07) is 7.91. The molecule has 2 heterocycles. The number of nitrogens with zero attached hydrogens (tertiary/aromatic N) is 2. The second-order valence-electron chi connectivity index (χ2n) is 6.08. The van der Waals surface area contributed by atoms with E-state index in [0.717, 1.165) is 5.56 Å². The number of aryl methyl sites for hydroxylation is 1. The van der Waals surface area contributed by atoms with E-state index in [0.29, 0.717) is 11.5 Å². The summed E-state index contributed by atoms with van der Waals surface area (Å²) in [5.74, 6) is -0.387. The molecule has 0 fully saturated rings. The van der Waals surface area contributed by atoms with Crippen molar-refractivity contribution >= 4 is 33.2 Å². The number of esters is 1. The number of carbonyl (C=O) groups is 2. The molecule has 0 aliphatic carbocycles. The Morgan fingerprint density at radius 1 is 1.33 bits per heavy atom. The lowest BCUT2D eigenvalue weighted by molar-refractivity contribution is -0.133. The summed E-state index contributed by atoms with van der Waals surface area (Å²) in [5.41, 5.74) is 1.30. The summed E-state index contributed by atoms with van der Waals surface area (Å²) >= 11 is 0. The van der Waals surface area contributed by atoms with Crippen LogP contribution in [0.5, 0.6) is 5.75 Å². The number of amides is 1. The van der Waals surface area contributed by atoms with Crippen LogP contribution < -0.4 is 15.0 Å². The van der Waals surface area contributed by atoms with Crippen molar-refractivity contribution in [3.05, 3.63) is 42.1 Å². The van der Waals surface area contributed by atoms with Crippen molar-refractivity contribution in [2.75, 3.05) is 29.1 Å². The fourth-order valence-electron chi connectivity index (χ4n) is 2.70. The SMILES string of the molecule is CCS(=O)(=O)c1ccc2c(c1)OC(=O)CN2CC(=O)Nc1ncccc1C. The van der Waals surface area contributed by atoms with E-state index < -0.39 is 15.8 Å². The molecule has 0 saturated heterocycles. The second-order valence-corrected chi connectivity index (χ2v) is 8.36. The van der Waals surface area contributed by atoms with E-state index in [9.17, 15) is 18.0 Å². The molecule has 0 unspecified atom stereocenters. The second kappa shape index (κ2) is 7.36. The van der Waals surface area contributed by atoms with Gasteiger partial charge in [0.2, 0.25) is 5.91 Å². The molecule has 9 heteroatoms. The van der Waals surface area contributed by atoms with Gasteiger partial charge in [0.15, 0.2) is 15.6 Å². The lowest BCUT2D eigenvalue weighted by Gasteiger charge is -2.29. The molecule has 0 atom stereocenters. The molecule has 1 aliphatic heterocycles. The van der Waals surface area contributed by atoms with Gasteiger partial charge in [-0.25, -0.2) is 18.2 Å². The van der Waals surface area contributed by atoms with Gasteiger partial charge in [-0.2, -0.15) is 0 Å². The Morgan fingerprint density at radius 2 is 2.11 bits per heavy atom. The quantitative estimate of drug-likeness (QED) is 0.611. The van der Waals surface area contributed by atoms with Crippen LogP contribution in [0.25, 0.3) is 0 Å². The van der Waals surface area contributed by atoms with Crippen LogP contribution >= 0.6 is 0 Å². The average molecular weight is 389 g/mol. The fourth-order valence-corrected chi connectivity index (χ4v) is 3.59. The van der Waals surface area contributed by atoms with Crippen molar-refractivity contribution in [2.45, 2.75) is 18.7 Å². The van der Waals surface area contributed by atoms with Crippen molar-refractivity contribution in [1.29, 1.82) is 0 Å². The number of carbonyl (C=O) groups excluding carboxylic acids is 2. The van der Waals surface area contributed by atoms with Crippen LogP contribution in [-0.4, -0.2) is 44.1 Å². The summed E-state index contributed by atoms with van der Waals surface area (Å²) in [7, 11) is -3.43. The molecule has 8 nitrogen and oxygen atoms in total. The van der Waals surface area contributed by atoms with E-state index in [1.807, 2.05) is 13.0 Å². The lowest BCUT2D eigenvalue weighted by Crippen LogP contribution is -2.41. The van der Waals surface area contributed by atoms with Crippen molar-refractivity contribution in [3.63, 3.8) is 0 Å². The van der Waals surface area contributed by atoms with Crippen LogP contribution in [0, 0.1) is 6.92 Å². The summed E-state index contributed by atoms with van der Waals surface area (Å²) in [6.07, 6.45) is 1.58. The van der Waals surface area contributed by atoms with Crippen molar-refractivity contribution in [3.8, 4) is 5.75 Å². The molecular weight excluding hydrogens is 370 g/mol. The van der Waals surface area contributed by atoms with E-state index in [1.54, 1.807) is 18.3 Å². The van der Waals surface area contributed by atoms with Gasteiger partial charge in [-0.1, -0.05) is 13.0 Å². The van der Waals surface area contributed by atoms with Crippen LogP contribution in [0.1, 0.15) is 12.5 Å². The van der Waals surface area contributed by atoms with E-state index >= 15 is 0 Å². The van der Waals surface area contributed by atoms with Crippen molar-refractivity contribution in [2.24, 2.45) is 0 Å². The minimum Gasteiger partial charge on any atom is -0.423 e. The van der Waals surface area contributed by atoms with Gasteiger partial charge in [0.05, 0.1) is 22.9 Å². The molecule has 0 radical (unpaired) electrons. The summed E-state index contributed by atoms with van der Waals surface area (Å²) in [4.78, 5) is 30.0. The highest BCUT2D eigenvalue weighted by Gasteiger charge is 2.27. The maximum Gasteiger partial charge on any atom is 0.331 e. The van der Waals surface area contributed by atoms with E-state index in [-0.39, 0.29) is 35.4 Å². The number of pyridine rings is 1. The van der Waals surface area contributed by atoms with Gasteiger partial charge in [-0.3, -0.25) is 4.79 Å². The molecule has 142 valence electrons. The Bertz CT molecular complexity index is 1000. The molecule has 0 saturated carbocycles. The number of hydrogen-bond donors (Lipinski definition) is 1. The van der Waals surface area contributed by atoms with Gasteiger partial charge in [0.1, 0.15) is 12.4 Å². The van der Waals surface area contributed by atoms with Gasteiger partial charge in [0.25, 0.3) is 0 Å². The Morgan fingerprint density at radius 3 is 2.81 bits per heavy atom. The predicted octanol–water partition coefficient (Wildman–Crippen LogP) is 1.55. The maximum absolute atomic E-state index is 12.4. The monoisotopic (exact) mass is 389 g/mol. The van der Waals surface area contributed by atoms with Gasteiger partial charge in [-0.15, -0.1) is 0 Å². The molecule has 0 spiro atoms. The predicted molar refractivity (Wildman–Crippen MR) is 99.6 cm³/mol. The number of sulfone groups is 1. The molecule has 27 heavy (non-hydrogen) atoms. The molecule has 1 aromatic heterocycles.